The van der Waals surface area contributed by atoms with Crippen LogP contribution in [0.5, 0.6) is 5.75 Å². The number of hydrogen-bond donors (Lipinski definition) is 2. The van der Waals surface area contributed by atoms with Crippen LogP contribution in [0.15, 0.2) is 42.6 Å². The highest BCUT2D eigenvalue weighted by molar-refractivity contribution is 6.30. The summed E-state index contributed by atoms with van der Waals surface area (Å²) in [6.07, 6.45) is 1.51. The molecular weight excluding hydrogens is 340 g/mol. The van der Waals surface area contributed by atoms with Crippen LogP contribution in [0.3, 0.4) is 0 Å². The summed E-state index contributed by atoms with van der Waals surface area (Å²) < 4.78 is 0. The van der Waals surface area contributed by atoms with Gasteiger partial charge < -0.3 is 15.3 Å². The van der Waals surface area contributed by atoms with Gasteiger partial charge in [0, 0.05) is 38.1 Å². The van der Waals surface area contributed by atoms with Crippen LogP contribution in [0, 0.1) is 0 Å². The minimum Gasteiger partial charge on any atom is -0.508 e. The molecule has 0 bridgehead atoms. The molecule has 1 aromatic carbocycles. The van der Waals surface area contributed by atoms with E-state index in [1.165, 1.54) is 6.20 Å². The zero-order chi connectivity index (χ0) is 17.8. The lowest BCUT2D eigenvalue weighted by molar-refractivity contribution is -0.120. The largest absolute Gasteiger partial charge is 0.508 e. The summed E-state index contributed by atoms with van der Waals surface area (Å²) in [6, 6.07) is 10.4. The van der Waals surface area contributed by atoms with E-state index >= 15 is 0 Å². The Labute approximate surface area is 152 Å². The van der Waals surface area contributed by atoms with Gasteiger partial charge in [-0.25, -0.2) is 4.98 Å². The Morgan fingerprint density at radius 3 is 2.44 bits per heavy atom. The molecule has 0 aliphatic carbocycles. The molecule has 0 radical (unpaired) electrons. The summed E-state index contributed by atoms with van der Waals surface area (Å²) in [5.74, 6) is 0.695. The molecule has 2 heterocycles. The van der Waals surface area contributed by atoms with Crippen LogP contribution in [-0.4, -0.2) is 53.1 Å². The Morgan fingerprint density at radius 1 is 1.16 bits per heavy atom. The molecule has 3 rings (SSSR count). The number of amides is 1. The first-order valence-electron chi connectivity index (χ1n) is 8.23. The fourth-order valence-electron chi connectivity index (χ4n) is 2.88. The SMILES string of the molecule is CC(C(=O)Nc1ccc(Cl)cn1)N1CCN(c2ccc(O)cc2)CC1. The molecule has 1 aromatic heterocycles. The average molecular weight is 361 g/mol. The molecule has 6 nitrogen and oxygen atoms in total. The van der Waals surface area contributed by atoms with Crippen molar-refractivity contribution in [2.75, 3.05) is 36.4 Å². The molecule has 1 aliphatic rings. The lowest BCUT2D eigenvalue weighted by Crippen LogP contribution is -2.52. The number of pyridine rings is 1. The van der Waals surface area contributed by atoms with Crippen molar-refractivity contribution in [1.82, 2.24) is 9.88 Å². The summed E-state index contributed by atoms with van der Waals surface area (Å²) in [4.78, 5) is 20.9. The molecule has 1 aliphatic heterocycles. The Balaban J connectivity index is 1.53. The highest BCUT2D eigenvalue weighted by Gasteiger charge is 2.25. The van der Waals surface area contributed by atoms with Gasteiger partial charge in [0.1, 0.15) is 11.6 Å². The first-order valence-corrected chi connectivity index (χ1v) is 8.61. The molecule has 1 saturated heterocycles. The number of nitrogens with one attached hydrogen (secondary N) is 1. The van der Waals surface area contributed by atoms with Crippen molar-refractivity contribution in [1.29, 1.82) is 0 Å². The van der Waals surface area contributed by atoms with E-state index in [-0.39, 0.29) is 17.7 Å². The van der Waals surface area contributed by atoms with E-state index in [1.807, 2.05) is 19.1 Å². The van der Waals surface area contributed by atoms with Crippen molar-refractivity contribution >= 4 is 29.0 Å². The van der Waals surface area contributed by atoms with E-state index in [0.717, 1.165) is 31.9 Å². The lowest BCUT2D eigenvalue weighted by Gasteiger charge is -2.38. The topological polar surface area (TPSA) is 68.7 Å². The smallest absolute Gasteiger partial charge is 0.242 e. The van der Waals surface area contributed by atoms with Crippen LogP contribution in [0.2, 0.25) is 5.02 Å². The van der Waals surface area contributed by atoms with Crippen LogP contribution in [0.4, 0.5) is 11.5 Å². The number of carbonyl (C=O) groups excluding carboxylic acids is 1. The maximum Gasteiger partial charge on any atom is 0.242 e. The number of anilines is 2. The zero-order valence-corrected chi connectivity index (χ0v) is 14.8. The van der Waals surface area contributed by atoms with Gasteiger partial charge in [0.05, 0.1) is 11.1 Å². The molecule has 0 spiro atoms. The van der Waals surface area contributed by atoms with E-state index in [9.17, 15) is 9.90 Å². The van der Waals surface area contributed by atoms with E-state index < -0.39 is 0 Å². The standard InChI is InChI=1S/C18H21ClN4O2/c1-13(18(25)21-17-7-2-14(19)12-20-17)22-8-10-23(11-9-22)15-3-5-16(24)6-4-15/h2-7,12-13,24H,8-11H2,1H3,(H,20,21,25). The summed E-state index contributed by atoms with van der Waals surface area (Å²) >= 11 is 5.80. The average Bonchev–Trinajstić information content (AvgIpc) is 2.64. The second-order valence-electron chi connectivity index (χ2n) is 6.07. The third-order valence-corrected chi connectivity index (χ3v) is 4.66. The monoisotopic (exact) mass is 360 g/mol. The van der Waals surface area contributed by atoms with Gasteiger partial charge in [-0.2, -0.15) is 0 Å². The van der Waals surface area contributed by atoms with Gasteiger partial charge >= 0.3 is 0 Å². The minimum absolute atomic E-state index is 0.0760. The van der Waals surface area contributed by atoms with E-state index in [2.05, 4.69) is 20.1 Å². The molecule has 2 aromatic rings. The van der Waals surface area contributed by atoms with Crippen LogP contribution >= 0.6 is 11.6 Å². The predicted molar refractivity (Wildman–Crippen MR) is 99.2 cm³/mol. The van der Waals surface area contributed by atoms with Crippen LogP contribution in [0.1, 0.15) is 6.92 Å². The maximum atomic E-state index is 12.4. The number of benzene rings is 1. The highest BCUT2D eigenvalue weighted by Crippen LogP contribution is 2.20. The summed E-state index contributed by atoms with van der Waals surface area (Å²) in [6.45, 7) is 5.16. The van der Waals surface area contributed by atoms with Crippen molar-refractivity contribution < 1.29 is 9.90 Å². The number of hydrogen-bond acceptors (Lipinski definition) is 5. The Morgan fingerprint density at radius 2 is 1.84 bits per heavy atom. The van der Waals surface area contributed by atoms with Gasteiger partial charge in [-0.15, -0.1) is 0 Å². The van der Waals surface area contributed by atoms with Crippen molar-refractivity contribution in [3.05, 3.63) is 47.6 Å². The quantitative estimate of drug-likeness (QED) is 0.877. The first-order chi connectivity index (χ1) is 12.0. The van der Waals surface area contributed by atoms with Gasteiger partial charge in [-0.1, -0.05) is 11.6 Å². The van der Waals surface area contributed by atoms with Gasteiger partial charge in [-0.05, 0) is 43.3 Å². The second-order valence-corrected chi connectivity index (χ2v) is 6.50. The van der Waals surface area contributed by atoms with Crippen molar-refractivity contribution in [2.24, 2.45) is 0 Å². The highest BCUT2D eigenvalue weighted by atomic mass is 35.5. The third kappa shape index (κ3) is 4.41. The molecule has 1 unspecified atom stereocenters. The zero-order valence-electron chi connectivity index (χ0n) is 14.0. The van der Waals surface area contributed by atoms with Crippen molar-refractivity contribution in [3.63, 3.8) is 0 Å². The summed E-state index contributed by atoms with van der Waals surface area (Å²) in [5, 5.41) is 12.7. The van der Waals surface area contributed by atoms with Crippen molar-refractivity contribution in [3.8, 4) is 5.75 Å². The van der Waals surface area contributed by atoms with Gasteiger partial charge in [0.2, 0.25) is 5.91 Å². The minimum atomic E-state index is -0.237. The third-order valence-electron chi connectivity index (χ3n) is 4.43. The fourth-order valence-corrected chi connectivity index (χ4v) is 2.99. The second kappa shape index (κ2) is 7.72. The molecule has 1 amide bonds. The Bertz CT molecular complexity index is 713. The maximum absolute atomic E-state index is 12.4. The molecule has 132 valence electrons. The number of carbonyl (C=O) groups is 1. The van der Waals surface area contributed by atoms with E-state index in [4.69, 9.17) is 11.6 Å². The molecule has 2 N–H and O–H groups in total. The number of rotatable bonds is 4. The molecular formula is C18H21ClN4O2. The number of piperazine rings is 1. The van der Waals surface area contributed by atoms with E-state index in [1.54, 1.807) is 24.3 Å². The van der Waals surface area contributed by atoms with Crippen LogP contribution < -0.4 is 10.2 Å². The van der Waals surface area contributed by atoms with Gasteiger partial charge in [-0.3, -0.25) is 9.69 Å². The molecule has 1 fully saturated rings. The molecule has 25 heavy (non-hydrogen) atoms. The van der Waals surface area contributed by atoms with Gasteiger partial charge in [0.15, 0.2) is 0 Å². The number of halogens is 1. The Hall–Kier alpha value is -2.31. The summed E-state index contributed by atoms with van der Waals surface area (Å²) in [5.41, 5.74) is 1.08. The fraction of sp³-hybridized carbons (Fsp3) is 0.333. The van der Waals surface area contributed by atoms with E-state index in [0.29, 0.717) is 10.8 Å². The van der Waals surface area contributed by atoms with Crippen LogP contribution in [0.25, 0.3) is 0 Å². The number of aromatic hydroxyl groups is 1. The molecule has 0 saturated carbocycles. The number of aromatic nitrogens is 1. The number of phenolic OH excluding ortho intramolecular Hbond substituents is 1. The van der Waals surface area contributed by atoms with Crippen LogP contribution in [-0.2, 0) is 4.79 Å². The van der Waals surface area contributed by atoms with Crippen molar-refractivity contribution in [2.45, 2.75) is 13.0 Å². The number of nitrogens with zero attached hydrogens (tertiary/aromatic N) is 3. The summed E-state index contributed by atoms with van der Waals surface area (Å²) in [7, 11) is 0. The first kappa shape index (κ1) is 17.5. The lowest BCUT2D eigenvalue weighted by atomic mass is 10.2. The normalized spacial score (nSPS) is 16.5. The Kier molecular flexibility index (Phi) is 5.40. The predicted octanol–water partition coefficient (Wildman–Crippen LogP) is 2.59. The number of phenols is 1. The molecule has 1 atom stereocenters. The van der Waals surface area contributed by atoms with Gasteiger partial charge in [0.25, 0.3) is 0 Å². The molecule has 7 heteroatoms.